The van der Waals surface area contributed by atoms with Crippen LogP contribution in [-0.4, -0.2) is 106 Å². The van der Waals surface area contributed by atoms with E-state index in [1.54, 1.807) is 19.1 Å². The molecule has 2 fully saturated rings. The molecule has 60 heavy (non-hydrogen) atoms. The largest absolute Gasteiger partial charge is 0.496 e. The fraction of sp³-hybridized carbons (Fsp3) is 0.565. The topological polar surface area (TPSA) is 155 Å². The van der Waals surface area contributed by atoms with Gasteiger partial charge in [-0.15, -0.1) is 0 Å². The summed E-state index contributed by atoms with van der Waals surface area (Å²) in [4.78, 5) is 41.8. The van der Waals surface area contributed by atoms with Crippen molar-refractivity contribution in [2.45, 2.75) is 91.3 Å². The second-order valence-electron chi connectivity index (χ2n) is 18.0. The second-order valence-corrected chi connectivity index (χ2v) is 18.0. The molecule has 3 N–H and O–H groups in total. The number of methoxy groups -OCH3 is 1. The molecule has 1 saturated heterocycles. The summed E-state index contributed by atoms with van der Waals surface area (Å²) in [6, 6.07) is 17.1. The number of ether oxygens (including phenoxy) is 1. The van der Waals surface area contributed by atoms with Crippen LogP contribution in [0.2, 0.25) is 0 Å². The van der Waals surface area contributed by atoms with E-state index in [1.807, 2.05) is 80.5 Å². The lowest BCUT2D eigenvalue weighted by molar-refractivity contribution is -0.175. The van der Waals surface area contributed by atoms with Gasteiger partial charge >= 0.3 is 0 Å². The van der Waals surface area contributed by atoms with Gasteiger partial charge in [0.05, 0.1) is 32.4 Å². The molecule has 9 atom stereocenters. The maximum atomic E-state index is 16.2. The molecule has 5 rings (SSSR count). The summed E-state index contributed by atoms with van der Waals surface area (Å²) in [5.74, 6) is -0.973. The van der Waals surface area contributed by atoms with E-state index in [0.29, 0.717) is 41.5 Å². The van der Waals surface area contributed by atoms with Gasteiger partial charge in [0.1, 0.15) is 17.6 Å². The van der Waals surface area contributed by atoms with Gasteiger partial charge in [-0.1, -0.05) is 70.1 Å². The fourth-order valence-corrected chi connectivity index (χ4v) is 9.12. The third-order valence-electron chi connectivity index (χ3n) is 13.3. The molecule has 0 radical (unpaired) electrons. The normalized spacial score (nSPS) is 24.9. The van der Waals surface area contributed by atoms with Gasteiger partial charge in [0, 0.05) is 65.9 Å². The van der Waals surface area contributed by atoms with Gasteiger partial charge in [-0.25, -0.2) is 4.39 Å². The Bertz CT molecular complexity index is 2010. The van der Waals surface area contributed by atoms with Crippen LogP contribution >= 0.6 is 0 Å². The molecule has 1 aliphatic carbocycles. The molecular formula is C46H65FN8O5. The molecule has 2 amide bonds. The van der Waals surface area contributed by atoms with Crippen molar-refractivity contribution in [2.75, 3.05) is 53.3 Å². The summed E-state index contributed by atoms with van der Waals surface area (Å²) >= 11 is 0. The fourth-order valence-electron chi connectivity index (χ4n) is 9.12. The first-order chi connectivity index (χ1) is 28.4. The van der Waals surface area contributed by atoms with Gasteiger partial charge in [-0.2, -0.15) is 5.06 Å². The highest BCUT2D eigenvalue weighted by atomic mass is 19.1. The van der Waals surface area contributed by atoms with Crippen LogP contribution in [0.5, 0.6) is 5.75 Å². The van der Waals surface area contributed by atoms with Crippen LogP contribution in [0.3, 0.4) is 0 Å². The summed E-state index contributed by atoms with van der Waals surface area (Å²) in [5, 5.41) is 22.8. The van der Waals surface area contributed by atoms with E-state index in [-0.39, 0.29) is 59.6 Å². The molecule has 1 saturated carbocycles. The Labute approximate surface area is 355 Å². The van der Waals surface area contributed by atoms with Crippen molar-refractivity contribution in [3.63, 3.8) is 0 Å². The average molecular weight is 829 g/mol. The van der Waals surface area contributed by atoms with Crippen LogP contribution in [-0.2, 0) is 22.6 Å². The number of anilines is 1. The van der Waals surface area contributed by atoms with Crippen molar-refractivity contribution in [1.29, 1.82) is 0 Å². The molecule has 1 heterocycles. The predicted molar refractivity (Wildman–Crippen MR) is 234 cm³/mol. The van der Waals surface area contributed by atoms with Crippen molar-refractivity contribution >= 4 is 17.5 Å². The minimum Gasteiger partial charge on any atom is -0.496 e. The van der Waals surface area contributed by atoms with Crippen molar-refractivity contribution < 1.29 is 28.7 Å². The van der Waals surface area contributed by atoms with E-state index in [1.165, 1.54) is 18.2 Å². The molecular weight excluding hydrogens is 764 g/mol. The van der Waals surface area contributed by atoms with Gasteiger partial charge in [0.15, 0.2) is 0 Å². The number of likely N-dealkylation sites (N-methyl/N-ethyl adjacent to an activating group) is 1. The van der Waals surface area contributed by atoms with E-state index in [0.717, 1.165) is 17.7 Å². The number of carbonyl (C=O) groups excluding carboxylic acids is 2. The first-order valence-electron chi connectivity index (χ1n) is 21.0. The third kappa shape index (κ3) is 10.4. The molecule has 0 bridgehead atoms. The Hall–Kier alpha value is -4.72. The molecule has 2 aliphatic rings. The number of halogens is 1. The Kier molecular flexibility index (Phi) is 15.3. The molecule has 3 aromatic rings. The minimum absolute atomic E-state index is 0.0816. The highest BCUT2D eigenvalue weighted by Gasteiger charge is 2.51. The molecule has 13 nitrogen and oxygen atoms in total. The van der Waals surface area contributed by atoms with E-state index in [9.17, 15) is 20.2 Å². The first kappa shape index (κ1) is 46.3. The van der Waals surface area contributed by atoms with Crippen LogP contribution in [0.4, 0.5) is 10.1 Å². The molecule has 0 aromatic heterocycles. The van der Waals surface area contributed by atoms with Crippen molar-refractivity contribution in [2.24, 2.45) is 34.2 Å². The van der Waals surface area contributed by atoms with Crippen LogP contribution in [0, 0.1) is 34.9 Å². The molecule has 0 spiro atoms. The summed E-state index contributed by atoms with van der Waals surface area (Å²) in [6.07, 6.45) is -0.468. The minimum atomic E-state index is -1.05. The quantitative estimate of drug-likeness (QED) is 0.0786. The average Bonchev–Trinajstić information content (AvgIpc) is 3.57. The zero-order valence-electron chi connectivity index (χ0n) is 37.1. The van der Waals surface area contributed by atoms with Crippen LogP contribution in [0.1, 0.15) is 69.4 Å². The first-order valence-corrected chi connectivity index (χ1v) is 21.0. The Morgan fingerprint density at radius 1 is 1.10 bits per heavy atom. The highest BCUT2D eigenvalue weighted by Crippen LogP contribution is 2.48. The van der Waals surface area contributed by atoms with Gasteiger partial charge in [0.2, 0.25) is 5.91 Å². The van der Waals surface area contributed by atoms with Gasteiger partial charge < -0.3 is 30.3 Å². The molecule has 3 aromatic carbocycles. The van der Waals surface area contributed by atoms with E-state index in [4.69, 9.17) is 9.57 Å². The Balaban J connectivity index is 1.51. The highest BCUT2D eigenvalue weighted by molar-refractivity contribution is 5.97. The Morgan fingerprint density at radius 3 is 2.42 bits per heavy atom. The second kappa shape index (κ2) is 19.8. The number of nitrogens with zero attached hydrogens (tertiary/aromatic N) is 6. The summed E-state index contributed by atoms with van der Waals surface area (Å²) < 4.78 is 22.2. The Morgan fingerprint density at radius 2 is 1.80 bits per heavy atom. The van der Waals surface area contributed by atoms with Crippen molar-refractivity contribution in [1.82, 2.24) is 20.6 Å². The van der Waals surface area contributed by atoms with Crippen LogP contribution in [0.15, 0.2) is 65.8 Å². The predicted octanol–water partition coefficient (Wildman–Crippen LogP) is 7.08. The van der Waals surface area contributed by atoms with E-state index < -0.39 is 30.0 Å². The maximum absolute atomic E-state index is 16.2. The zero-order valence-corrected chi connectivity index (χ0v) is 37.1. The number of nitrogens with one attached hydrogen (secondary N) is 2. The zero-order chi connectivity index (χ0) is 44.1. The number of carbonyl (C=O) groups is 2. The van der Waals surface area contributed by atoms with Crippen LogP contribution < -0.4 is 20.3 Å². The van der Waals surface area contributed by atoms with Gasteiger partial charge in [0.25, 0.3) is 5.91 Å². The van der Waals surface area contributed by atoms with Gasteiger partial charge in [-0.05, 0) is 104 Å². The molecule has 326 valence electrons. The number of azide groups is 1. The summed E-state index contributed by atoms with van der Waals surface area (Å²) in [6.45, 7) is 13.0. The SMILES string of the molecule is COc1c(-c2cc(C(=O)N[C@@H](Cc3ccccc3)CN(C)C)cc(N(C)C)c2)ccc(F)c1CN1O[C@@H](CN=[N+]=[N-])[C@@H]([C@H](C)O)[C@H]1C(=O)N[C@H]1C[C@@H](C)C(C)(C)[C@@H](C)[C@@H]1C. The lowest BCUT2D eigenvalue weighted by Crippen LogP contribution is -2.56. The lowest BCUT2D eigenvalue weighted by atomic mass is 9.58. The van der Waals surface area contributed by atoms with Gasteiger partial charge in [-0.3, -0.25) is 14.4 Å². The maximum Gasteiger partial charge on any atom is 0.251 e. The standard InChI is InChI=1S/C46H65FN8O5/c1-27-19-39(28(2)29(3)46(27,5)6)51-45(58)42-41(30(4)56)40(24-49-52-48)60-55(42)26-37-38(47)18-17-36(43(37)59-11)32-21-33(23-35(22-32)54(9)10)44(57)50-34(25-53(7)8)20-31-15-13-12-14-16-31/h12-18,21-23,27-30,34,39-42,56H,19-20,24-26H2,1-11H3,(H,50,57)(H,51,58)/t27-,28+,29+,30+,34+,39+,40+,41-,42+/m1/s1. The number of aliphatic hydroxyl groups is 1. The molecule has 0 unspecified atom stereocenters. The van der Waals surface area contributed by atoms with E-state index in [2.05, 4.69) is 55.3 Å². The van der Waals surface area contributed by atoms with Crippen molar-refractivity contribution in [3.05, 3.63) is 93.6 Å². The monoisotopic (exact) mass is 829 g/mol. The summed E-state index contributed by atoms with van der Waals surface area (Å²) in [7, 11) is 9.16. The number of rotatable bonds is 16. The number of hydrogen-bond donors (Lipinski definition) is 3. The number of hydroxylamine groups is 2. The number of benzene rings is 3. The number of aliphatic hydroxyl groups excluding tert-OH is 1. The smallest absolute Gasteiger partial charge is 0.251 e. The summed E-state index contributed by atoms with van der Waals surface area (Å²) in [5.41, 5.74) is 12.8. The molecule has 14 heteroatoms. The van der Waals surface area contributed by atoms with Crippen molar-refractivity contribution in [3.8, 4) is 16.9 Å². The third-order valence-corrected chi connectivity index (χ3v) is 13.3. The number of amides is 2. The van der Waals surface area contributed by atoms with E-state index >= 15 is 4.39 Å². The number of hydrogen-bond acceptors (Lipinski definition) is 9. The lowest BCUT2D eigenvalue weighted by Gasteiger charge is -2.50. The molecule has 1 aliphatic heterocycles. The van der Waals surface area contributed by atoms with Crippen LogP contribution in [0.25, 0.3) is 21.6 Å².